The van der Waals surface area contributed by atoms with E-state index in [1.54, 1.807) is 22.8 Å². The first-order valence-electron chi connectivity index (χ1n) is 7.48. The summed E-state index contributed by atoms with van der Waals surface area (Å²) in [5.74, 6) is -0.998. The van der Waals surface area contributed by atoms with E-state index >= 15 is 0 Å². The first-order chi connectivity index (χ1) is 10.5. The number of carbonyl (C=O) groups is 1. The number of fused-ring (bicyclic) bond motifs is 1. The molecule has 0 aliphatic rings. The molecule has 0 radical (unpaired) electrons. The maximum absolute atomic E-state index is 12.7. The molecule has 0 atom stereocenters. The van der Waals surface area contributed by atoms with Crippen molar-refractivity contribution in [3.05, 3.63) is 44.6 Å². The number of carboxylic acid groups (broad SMARTS) is 1. The maximum Gasteiger partial charge on any atom is 0.331 e. The molecule has 0 aliphatic heterocycles. The van der Waals surface area contributed by atoms with Crippen molar-refractivity contribution in [2.45, 2.75) is 46.2 Å². The van der Waals surface area contributed by atoms with E-state index in [9.17, 15) is 14.4 Å². The van der Waals surface area contributed by atoms with E-state index in [-0.39, 0.29) is 12.1 Å². The number of benzene rings is 1. The Morgan fingerprint density at radius 1 is 1.09 bits per heavy atom. The minimum Gasteiger partial charge on any atom is -0.481 e. The fraction of sp³-hybridized carbons (Fsp3) is 0.438. The molecule has 6 nitrogen and oxygen atoms in total. The van der Waals surface area contributed by atoms with E-state index < -0.39 is 11.5 Å². The van der Waals surface area contributed by atoms with Crippen molar-refractivity contribution >= 4 is 16.9 Å². The lowest BCUT2D eigenvalue weighted by molar-refractivity contribution is -0.136. The van der Waals surface area contributed by atoms with Gasteiger partial charge in [0.15, 0.2) is 0 Å². The number of hydrogen-bond donors (Lipinski definition) is 1. The molecule has 0 saturated carbocycles. The Labute approximate surface area is 127 Å². The Bertz CT molecular complexity index is 817. The number of aliphatic carboxylic acids is 1. The number of rotatable bonds is 6. The Hall–Kier alpha value is -2.37. The summed E-state index contributed by atoms with van der Waals surface area (Å²) in [5, 5.41) is 9.38. The highest BCUT2D eigenvalue weighted by atomic mass is 16.4. The molecule has 0 bridgehead atoms. The first-order valence-corrected chi connectivity index (χ1v) is 7.48. The zero-order valence-corrected chi connectivity index (χ0v) is 12.8. The van der Waals surface area contributed by atoms with E-state index in [1.807, 2.05) is 13.8 Å². The average Bonchev–Trinajstić information content (AvgIpc) is 2.47. The van der Waals surface area contributed by atoms with Crippen LogP contribution in [0.25, 0.3) is 10.9 Å². The molecule has 0 saturated heterocycles. The summed E-state index contributed by atoms with van der Waals surface area (Å²) >= 11 is 0. The molecule has 0 amide bonds. The Morgan fingerprint density at radius 2 is 1.73 bits per heavy atom. The molecule has 1 aromatic heterocycles. The van der Waals surface area contributed by atoms with E-state index in [4.69, 9.17) is 5.11 Å². The zero-order valence-electron chi connectivity index (χ0n) is 12.8. The highest BCUT2D eigenvalue weighted by Gasteiger charge is 2.16. The fourth-order valence-corrected chi connectivity index (χ4v) is 2.70. The van der Waals surface area contributed by atoms with Crippen LogP contribution >= 0.6 is 0 Å². The van der Waals surface area contributed by atoms with Crippen molar-refractivity contribution in [2.24, 2.45) is 0 Å². The SMILES string of the molecule is CCCn1c(=O)c2c(CC(=O)O)cccc2n(CCC)c1=O. The second kappa shape index (κ2) is 6.60. The van der Waals surface area contributed by atoms with Crippen molar-refractivity contribution < 1.29 is 9.90 Å². The van der Waals surface area contributed by atoms with Crippen LogP contribution in [-0.2, 0) is 24.3 Å². The van der Waals surface area contributed by atoms with Crippen LogP contribution in [-0.4, -0.2) is 20.2 Å². The van der Waals surface area contributed by atoms with Crippen molar-refractivity contribution in [3.63, 3.8) is 0 Å². The lowest BCUT2D eigenvalue weighted by Crippen LogP contribution is -2.40. The highest BCUT2D eigenvalue weighted by molar-refractivity contribution is 5.85. The van der Waals surface area contributed by atoms with Crippen molar-refractivity contribution in [1.29, 1.82) is 0 Å². The van der Waals surface area contributed by atoms with Crippen LogP contribution in [0.1, 0.15) is 32.3 Å². The number of aryl methyl sites for hydroxylation is 1. The molecule has 1 aromatic carbocycles. The lowest BCUT2D eigenvalue weighted by Gasteiger charge is -2.14. The zero-order chi connectivity index (χ0) is 16.3. The van der Waals surface area contributed by atoms with E-state index in [0.717, 1.165) is 6.42 Å². The molecular formula is C16H20N2O4. The summed E-state index contributed by atoms with van der Waals surface area (Å²) in [7, 11) is 0. The second-order valence-electron chi connectivity index (χ2n) is 5.27. The highest BCUT2D eigenvalue weighted by Crippen LogP contribution is 2.15. The largest absolute Gasteiger partial charge is 0.481 e. The molecular weight excluding hydrogens is 284 g/mol. The average molecular weight is 304 g/mol. The van der Waals surface area contributed by atoms with Crippen LogP contribution in [0.5, 0.6) is 0 Å². The molecule has 2 rings (SSSR count). The molecule has 118 valence electrons. The summed E-state index contributed by atoms with van der Waals surface area (Å²) < 4.78 is 2.78. The normalized spacial score (nSPS) is 11.0. The van der Waals surface area contributed by atoms with Gasteiger partial charge in [-0.05, 0) is 24.5 Å². The summed E-state index contributed by atoms with van der Waals surface area (Å²) in [6.45, 7) is 4.67. The number of carboxylic acids is 1. The smallest absolute Gasteiger partial charge is 0.331 e. The molecule has 2 aromatic rings. The van der Waals surface area contributed by atoms with Gasteiger partial charge in [0.2, 0.25) is 0 Å². The van der Waals surface area contributed by atoms with Crippen molar-refractivity contribution in [1.82, 2.24) is 9.13 Å². The molecule has 1 heterocycles. The third-order valence-corrected chi connectivity index (χ3v) is 3.58. The van der Waals surface area contributed by atoms with Crippen LogP contribution in [0.3, 0.4) is 0 Å². The van der Waals surface area contributed by atoms with Gasteiger partial charge in [-0.3, -0.25) is 18.7 Å². The first kappa shape index (κ1) is 16.0. The molecule has 0 aliphatic carbocycles. The van der Waals surface area contributed by atoms with Gasteiger partial charge in [-0.2, -0.15) is 0 Å². The third kappa shape index (κ3) is 2.81. The third-order valence-electron chi connectivity index (χ3n) is 3.58. The van der Waals surface area contributed by atoms with Crippen molar-refractivity contribution in [3.8, 4) is 0 Å². The standard InChI is InChI=1S/C16H20N2O4/c1-3-8-17-12-7-5-6-11(10-13(19)20)14(12)15(21)18(9-4-2)16(17)22/h5-7H,3-4,8-10H2,1-2H3,(H,19,20). The van der Waals surface area contributed by atoms with Crippen LogP contribution in [0.4, 0.5) is 0 Å². The van der Waals surface area contributed by atoms with Gasteiger partial charge in [0.05, 0.1) is 17.3 Å². The Balaban J connectivity index is 2.91. The Morgan fingerprint density at radius 3 is 2.32 bits per heavy atom. The molecule has 6 heteroatoms. The van der Waals surface area contributed by atoms with Crippen LogP contribution in [0.2, 0.25) is 0 Å². The van der Waals surface area contributed by atoms with Crippen LogP contribution < -0.4 is 11.2 Å². The van der Waals surface area contributed by atoms with Gasteiger partial charge in [0.1, 0.15) is 0 Å². The number of aromatic nitrogens is 2. The summed E-state index contributed by atoms with van der Waals surface area (Å²) in [4.78, 5) is 36.2. The van der Waals surface area contributed by atoms with Gasteiger partial charge >= 0.3 is 11.7 Å². The van der Waals surface area contributed by atoms with Gasteiger partial charge in [-0.15, -0.1) is 0 Å². The summed E-state index contributed by atoms with van der Waals surface area (Å²) in [6, 6.07) is 5.03. The minimum atomic E-state index is -0.998. The Kier molecular flexibility index (Phi) is 4.80. The predicted octanol–water partition coefficient (Wildman–Crippen LogP) is 1.61. The molecule has 0 spiro atoms. The second-order valence-corrected chi connectivity index (χ2v) is 5.27. The van der Waals surface area contributed by atoms with Gasteiger partial charge in [0, 0.05) is 13.1 Å². The summed E-state index contributed by atoms with van der Waals surface area (Å²) in [5.41, 5.74) is 0.243. The van der Waals surface area contributed by atoms with Gasteiger partial charge in [-0.1, -0.05) is 26.0 Å². The topological polar surface area (TPSA) is 81.3 Å². The minimum absolute atomic E-state index is 0.233. The van der Waals surface area contributed by atoms with Crippen molar-refractivity contribution in [2.75, 3.05) is 0 Å². The monoisotopic (exact) mass is 304 g/mol. The van der Waals surface area contributed by atoms with Crippen LogP contribution in [0.15, 0.2) is 27.8 Å². The molecule has 1 N–H and O–H groups in total. The fourth-order valence-electron chi connectivity index (χ4n) is 2.70. The predicted molar refractivity (Wildman–Crippen MR) is 84.4 cm³/mol. The number of nitrogens with zero attached hydrogens (tertiary/aromatic N) is 2. The van der Waals surface area contributed by atoms with E-state index in [0.29, 0.717) is 36.0 Å². The molecule has 22 heavy (non-hydrogen) atoms. The quantitative estimate of drug-likeness (QED) is 0.879. The molecule has 0 fully saturated rings. The van der Waals surface area contributed by atoms with E-state index in [2.05, 4.69) is 0 Å². The van der Waals surface area contributed by atoms with Gasteiger partial charge in [-0.25, -0.2) is 4.79 Å². The number of hydrogen-bond acceptors (Lipinski definition) is 3. The maximum atomic E-state index is 12.7. The van der Waals surface area contributed by atoms with Gasteiger partial charge < -0.3 is 5.11 Å². The van der Waals surface area contributed by atoms with Crippen LogP contribution in [0, 0.1) is 0 Å². The lowest BCUT2D eigenvalue weighted by atomic mass is 10.1. The van der Waals surface area contributed by atoms with Gasteiger partial charge in [0.25, 0.3) is 5.56 Å². The van der Waals surface area contributed by atoms with E-state index in [1.165, 1.54) is 4.57 Å². The summed E-state index contributed by atoms with van der Waals surface area (Å²) in [6.07, 6.45) is 1.18. The molecule has 0 unspecified atom stereocenters.